The molecule has 44 heavy (non-hydrogen) atoms. The third kappa shape index (κ3) is 8.73. The molecule has 2 heterocycles. The van der Waals surface area contributed by atoms with Crippen molar-refractivity contribution < 1.29 is 42.9 Å². The van der Waals surface area contributed by atoms with Gasteiger partial charge in [0.2, 0.25) is 5.91 Å². The van der Waals surface area contributed by atoms with Crippen LogP contribution in [-0.4, -0.2) is 76.4 Å². The number of para-hydroxylation sites is 2. The van der Waals surface area contributed by atoms with Crippen LogP contribution in [0.15, 0.2) is 53.7 Å². The van der Waals surface area contributed by atoms with Crippen LogP contribution in [0.1, 0.15) is 39.7 Å². The number of carbonyl (C=O) groups excluding carboxylic acids is 4. The van der Waals surface area contributed by atoms with Crippen LogP contribution >= 0.6 is 11.8 Å². The summed E-state index contributed by atoms with van der Waals surface area (Å²) in [6.45, 7) is 7.75. The first-order chi connectivity index (χ1) is 21.0. The third-order valence-electron chi connectivity index (χ3n) is 6.73. The number of aromatic nitrogens is 2. The number of carbonyl (C=O) groups is 4. The van der Waals surface area contributed by atoms with Crippen LogP contribution in [-0.2, 0) is 44.7 Å². The number of aryl methyl sites for hydroxylation is 2. The van der Waals surface area contributed by atoms with Crippen LogP contribution in [0.5, 0.6) is 5.75 Å². The maximum Gasteiger partial charge on any atom is 0.303 e. The molecule has 1 aliphatic heterocycles. The minimum absolute atomic E-state index is 0.276. The molecule has 3 aromatic rings. The molecule has 1 aliphatic rings. The number of benzene rings is 2. The van der Waals surface area contributed by atoms with Crippen molar-refractivity contribution in [3.63, 3.8) is 0 Å². The van der Waals surface area contributed by atoms with Gasteiger partial charge in [-0.3, -0.25) is 19.2 Å². The van der Waals surface area contributed by atoms with Crippen LogP contribution in [0.4, 0.5) is 0 Å². The molecule has 2 aromatic carbocycles. The first kappa shape index (κ1) is 32.8. The van der Waals surface area contributed by atoms with Gasteiger partial charge in [0, 0.05) is 34.2 Å². The van der Waals surface area contributed by atoms with Crippen molar-refractivity contribution in [2.45, 2.75) is 82.5 Å². The van der Waals surface area contributed by atoms with Crippen LogP contribution in [0.2, 0.25) is 0 Å². The normalized spacial score (nSPS) is 21.3. The van der Waals surface area contributed by atoms with Crippen molar-refractivity contribution in [2.24, 2.45) is 0 Å². The van der Waals surface area contributed by atoms with E-state index < -0.39 is 53.6 Å². The Hall–Kier alpha value is -4.10. The fraction of sp³-hybridized carbons (Fsp3) is 0.452. The Balaban J connectivity index is 1.64. The summed E-state index contributed by atoms with van der Waals surface area (Å²) in [5, 5.41) is 3.39. The van der Waals surface area contributed by atoms with E-state index in [-0.39, 0.29) is 6.61 Å². The first-order valence-electron chi connectivity index (χ1n) is 14.2. The maximum absolute atomic E-state index is 12.4. The molecule has 0 bridgehead atoms. The fourth-order valence-electron chi connectivity index (χ4n) is 4.90. The molecule has 1 amide bonds. The Morgan fingerprint density at radius 2 is 1.61 bits per heavy atom. The van der Waals surface area contributed by atoms with Gasteiger partial charge in [-0.15, -0.1) is 0 Å². The zero-order chi connectivity index (χ0) is 31.8. The number of nitrogens with zero attached hydrogens (tertiary/aromatic N) is 2. The van der Waals surface area contributed by atoms with Gasteiger partial charge in [0.25, 0.3) is 0 Å². The monoisotopic (exact) mass is 627 g/mol. The number of esters is 3. The Morgan fingerprint density at radius 1 is 0.932 bits per heavy atom. The predicted octanol–water partition coefficient (Wildman–Crippen LogP) is 3.56. The summed E-state index contributed by atoms with van der Waals surface area (Å²) >= 11 is 1.21. The zero-order valence-electron chi connectivity index (χ0n) is 25.3. The van der Waals surface area contributed by atoms with E-state index in [1.807, 2.05) is 60.0 Å². The van der Waals surface area contributed by atoms with Gasteiger partial charge in [-0.05, 0) is 37.6 Å². The Bertz CT molecular complexity index is 1480. The molecule has 0 saturated carbocycles. The maximum atomic E-state index is 12.4. The highest BCUT2D eigenvalue weighted by atomic mass is 32.2. The van der Waals surface area contributed by atoms with Crippen LogP contribution in [0.25, 0.3) is 11.0 Å². The number of hydrogen-bond donors (Lipinski definition) is 1. The molecule has 13 heteroatoms. The van der Waals surface area contributed by atoms with Crippen molar-refractivity contribution in [3.05, 3.63) is 54.1 Å². The van der Waals surface area contributed by atoms with Crippen LogP contribution in [0.3, 0.4) is 0 Å². The summed E-state index contributed by atoms with van der Waals surface area (Å²) < 4.78 is 30.7. The summed E-state index contributed by atoms with van der Waals surface area (Å²) in [7, 11) is 0. The standard InChI is InChI=1S/C31H37N3O9S/c1-18-11-13-23(14-12-18)39-16-8-15-34-25-10-7-6-9-24(25)33-31(34)44-30-27(32-19(2)35)29(42-22(5)38)28(41-21(4)37)26(43-30)17-40-20(3)36/h6-7,9-14,26-30H,8,15-17H2,1-5H3,(H,32,35)/t26-,27-,28-,29-,30+/m1/s1. The van der Waals surface area contributed by atoms with E-state index in [1.165, 1.54) is 39.5 Å². The minimum atomic E-state index is -1.16. The predicted molar refractivity (Wildman–Crippen MR) is 161 cm³/mol. The number of thioether (sulfide) groups is 1. The van der Waals surface area contributed by atoms with Crippen molar-refractivity contribution in [1.82, 2.24) is 14.9 Å². The van der Waals surface area contributed by atoms with E-state index in [2.05, 4.69) is 5.32 Å². The second kappa shape index (κ2) is 15.1. The van der Waals surface area contributed by atoms with E-state index in [9.17, 15) is 19.2 Å². The van der Waals surface area contributed by atoms with Gasteiger partial charge in [0.1, 0.15) is 29.9 Å². The summed E-state index contributed by atoms with van der Waals surface area (Å²) in [5.74, 6) is -1.51. The van der Waals surface area contributed by atoms with E-state index >= 15 is 0 Å². The average Bonchev–Trinajstić information content (AvgIpc) is 3.30. The highest BCUT2D eigenvalue weighted by Crippen LogP contribution is 2.37. The van der Waals surface area contributed by atoms with Gasteiger partial charge in [-0.25, -0.2) is 4.98 Å². The number of hydrogen-bond acceptors (Lipinski definition) is 11. The fourth-order valence-corrected chi connectivity index (χ4v) is 6.15. The zero-order valence-corrected chi connectivity index (χ0v) is 26.1. The van der Waals surface area contributed by atoms with E-state index in [1.54, 1.807) is 0 Å². The summed E-state index contributed by atoms with van der Waals surface area (Å²) in [6.07, 6.45) is -2.65. The molecule has 1 N–H and O–H groups in total. The van der Waals surface area contributed by atoms with Gasteiger partial charge < -0.3 is 33.6 Å². The number of amides is 1. The second-order valence-corrected chi connectivity index (χ2v) is 11.5. The molecule has 1 saturated heterocycles. The highest BCUT2D eigenvalue weighted by molar-refractivity contribution is 7.99. The largest absolute Gasteiger partial charge is 0.494 e. The molecule has 1 fully saturated rings. The molecular weight excluding hydrogens is 590 g/mol. The molecule has 12 nitrogen and oxygen atoms in total. The van der Waals surface area contributed by atoms with E-state index in [4.69, 9.17) is 28.7 Å². The molecule has 0 unspecified atom stereocenters. The topological polar surface area (TPSA) is 144 Å². The highest BCUT2D eigenvalue weighted by Gasteiger charge is 2.51. The Labute approximate surface area is 259 Å². The SMILES string of the molecule is CC(=O)N[C@@H]1[C@@H](OC(C)=O)[C@H](OC(C)=O)[C@@H](COC(C)=O)O[C@H]1Sc1nc2ccccc2n1CCCOc1ccc(C)cc1. The first-order valence-corrected chi connectivity index (χ1v) is 15.1. The van der Waals surface area contributed by atoms with Crippen LogP contribution < -0.4 is 10.1 Å². The molecule has 0 radical (unpaired) electrons. The van der Waals surface area contributed by atoms with Gasteiger partial charge in [-0.2, -0.15) is 0 Å². The number of rotatable bonds is 12. The van der Waals surface area contributed by atoms with Crippen molar-refractivity contribution >= 4 is 46.6 Å². The Kier molecular flexibility index (Phi) is 11.2. The molecule has 0 aliphatic carbocycles. The molecule has 0 spiro atoms. The van der Waals surface area contributed by atoms with Gasteiger partial charge >= 0.3 is 17.9 Å². The quantitative estimate of drug-likeness (QED) is 0.179. The lowest BCUT2D eigenvalue weighted by Crippen LogP contribution is -2.65. The van der Waals surface area contributed by atoms with Gasteiger partial charge in [0.05, 0.1) is 17.6 Å². The van der Waals surface area contributed by atoms with Crippen molar-refractivity contribution in [3.8, 4) is 5.75 Å². The molecular formula is C31H37N3O9S. The minimum Gasteiger partial charge on any atom is -0.494 e. The second-order valence-electron chi connectivity index (χ2n) is 10.4. The number of ether oxygens (including phenoxy) is 5. The lowest BCUT2D eigenvalue weighted by atomic mass is 9.97. The third-order valence-corrected chi connectivity index (χ3v) is 7.89. The lowest BCUT2D eigenvalue weighted by Gasteiger charge is -2.44. The van der Waals surface area contributed by atoms with Crippen LogP contribution in [0, 0.1) is 6.92 Å². The van der Waals surface area contributed by atoms with Crippen molar-refractivity contribution in [2.75, 3.05) is 13.2 Å². The molecule has 1 aromatic heterocycles. The molecule has 5 atom stereocenters. The van der Waals surface area contributed by atoms with Gasteiger partial charge in [-0.1, -0.05) is 41.6 Å². The number of fused-ring (bicyclic) bond motifs is 1. The molecule has 236 valence electrons. The van der Waals surface area contributed by atoms with E-state index in [0.29, 0.717) is 24.7 Å². The summed E-state index contributed by atoms with van der Waals surface area (Å²) in [5.41, 5.74) is 1.92. The number of imidazole rings is 1. The smallest absolute Gasteiger partial charge is 0.303 e. The van der Waals surface area contributed by atoms with E-state index in [0.717, 1.165) is 22.3 Å². The van der Waals surface area contributed by atoms with Gasteiger partial charge in [0.15, 0.2) is 17.4 Å². The number of nitrogens with one attached hydrogen (secondary N) is 1. The summed E-state index contributed by atoms with van der Waals surface area (Å²) in [4.78, 5) is 53.1. The lowest BCUT2D eigenvalue weighted by molar-refractivity contribution is -0.211. The molecule has 4 rings (SSSR count). The summed E-state index contributed by atoms with van der Waals surface area (Å²) in [6, 6.07) is 14.6. The Morgan fingerprint density at radius 3 is 2.27 bits per heavy atom. The van der Waals surface area contributed by atoms with Crippen molar-refractivity contribution in [1.29, 1.82) is 0 Å². The average molecular weight is 628 g/mol.